The van der Waals surface area contributed by atoms with Crippen LogP contribution in [0.2, 0.25) is 10.0 Å². The molecule has 1 amide bonds. The Balaban J connectivity index is 1.99. The van der Waals surface area contributed by atoms with Crippen LogP contribution in [-0.4, -0.2) is 29.0 Å². The molecule has 0 aliphatic carbocycles. The van der Waals surface area contributed by atoms with Crippen molar-refractivity contribution in [2.75, 3.05) is 12.0 Å². The number of anilines is 1. The van der Waals surface area contributed by atoms with Crippen molar-refractivity contribution in [3.63, 3.8) is 0 Å². The van der Waals surface area contributed by atoms with Crippen molar-refractivity contribution >= 4 is 46.3 Å². The van der Waals surface area contributed by atoms with E-state index in [0.29, 0.717) is 11.3 Å². The molecular formula is C28H25Cl2NO5. The number of phenolic OH excluding ortho intramolecular Hbond substituents is 1. The number of hydrogen-bond donors (Lipinski definition) is 2. The number of halogens is 2. The van der Waals surface area contributed by atoms with Crippen LogP contribution in [0.5, 0.6) is 11.5 Å². The quantitative estimate of drug-likeness (QED) is 0.226. The predicted octanol–water partition coefficient (Wildman–Crippen LogP) is 6.63. The average Bonchev–Trinajstić information content (AvgIpc) is 3.10. The molecule has 3 aromatic rings. The monoisotopic (exact) mass is 525 g/mol. The highest BCUT2D eigenvalue weighted by Gasteiger charge is 2.48. The molecule has 186 valence electrons. The normalized spacial score (nSPS) is 17.5. The Morgan fingerprint density at radius 2 is 1.64 bits per heavy atom. The first-order chi connectivity index (χ1) is 16.9. The molecule has 1 heterocycles. The van der Waals surface area contributed by atoms with E-state index >= 15 is 0 Å². The maximum Gasteiger partial charge on any atom is 0.300 e. The van der Waals surface area contributed by atoms with E-state index in [-0.39, 0.29) is 38.0 Å². The van der Waals surface area contributed by atoms with Gasteiger partial charge in [-0.3, -0.25) is 14.5 Å². The summed E-state index contributed by atoms with van der Waals surface area (Å²) in [4.78, 5) is 27.9. The van der Waals surface area contributed by atoms with Crippen LogP contribution in [0.3, 0.4) is 0 Å². The fourth-order valence-electron chi connectivity index (χ4n) is 4.21. The molecule has 0 bridgehead atoms. The van der Waals surface area contributed by atoms with Crippen molar-refractivity contribution < 1.29 is 24.5 Å². The van der Waals surface area contributed by atoms with Gasteiger partial charge in [0.15, 0.2) is 0 Å². The van der Waals surface area contributed by atoms with Gasteiger partial charge in [0.05, 0.1) is 29.4 Å². The highest BCUT2D eigenvalue weighted by Crippen LogP contribution is 2.46. The summed E-state index contributed by atoms with van der Waals surface area (Å²) in [6.45, 7) is 6.22. The van der Waals surface area contributed by atoms with Crippen molar-refractivity contribution in [1.82, 2.24) is 0 Å². The van der Waals surface area contributed by atoms with E-state index in [4.69, 9.17) is 27.9 Å². The third-order valence-electron chi connectivity index (χ3n) is 6.16. The van der Waals surface area contributed by atoms with Gasteiger partial charge in [0, 0.05) is 10.6 Å². The van der Waals surface area contributed by atoms with Crippen LogP contribution in [0.15, 0.2) is 66.2 Å². The molecular weight excluding hydrogens is 501 g/mol. The van der Waals surface area contributed by atoms with E-state index in [1.54, 1.807) is 18.2 Å². The third kappa shape index (κ3) is 4.54. The average molecular weight is 526 g/mol. The fraction of sp³-hybridized carbons (Fsp3) is 0.214. The Hall–Kier alpha value is -3.48. The van der Waals surface area contributed by atoms with E-state index in [1.807, 2.05) is 12.1 Å². The molecule has 1 aliphatic rings. The van der Waals surface area contributed by atoms with Gasteiger partial charge in [-0.1, -0.05) is 68.2 Å². The van der Waals surface area contributed by atoms with E-state index in [9.17, 15) is 19.8 Å². The van der Waals surface area contributed by atoms with Crippen molar-refractivity contribution in [3.05, 3.63) is 93.0 Å². The number of benzene rings is 3. The number of methoxy groups -OCH3 is 1. The number of hydrogen-bond acceptors (Lipinski definition) is 5. The molecule has 1 atom stereocenters. The summed E-state index contributed by atoms with van der Waals surface area (Å²) >= 11 is 12.5. The zero-order valence-electron chi connectivity index (χ0n) is 20.2. The standard InChI is InChI=1S/C28H25Cl2NO5/c1-28(2,3)16-7-5-15(6-8-16)24-23(25(33)19-14-18(36-4)10-11-20(19)30)26(34)27(35)31(24)21-13-17(29)9-12-22(21)32/h5-14,24,32-33H,1-4H3/b25-23+. The summed E-state index contributed by atoms with van der Waals surface area (Å²) in [6.07, 6.45) is 0. The molecule has 1 fully saturated rings. The van der Waals surface area contributed by atoms with Gasteiger partial charge in [-0.25, -0.2) is 0 Å². The third-order valence-corrected chi connectivity index (χ3v) is 6.73. The minimum atomic E-state index is -1.05. The van der Waals surface area contributed by atoms with Crippen molar-refractivity contribution in [1.29, 1.82) is 0 Å². The molecule has 2 N–H and O–H groups in total. The van der Waals surface area contributed by atoms with Gasteiger partial charge >= 0.3 is 0 Å². The molecule has 36 heavy (non-hydrogen) atoms. The van der Waals surface area contributed by atoms with Gasteiger partial charge in [0.2, 0.25) is 0 Å². The Morgan fingerprint density at radius 3 is 2.25 bits per heavy atom. The molecule has 1 unspecified atom stereocenters. The number of aromatic hydroxyl groups is 1. The van der Waals surface area contributed by atoms with Crippen LogP contribution in [0.4, 0.5) is 5.69 Å². The van der Waals surface area contributed by atoms with E-state index in [2.05, 4.69) is 20.8 Å². The van der Waals surface area contributed by atoms with Crippen LogP contribution >= 0.6 is 23.2 Å². The number of carbonyl (C=O) groups excluding carboxylic acids is 2. The predicted molar refractivity (Wildman–Crippen MR) is 141 cm³/mol. The Bertz CT molecular complexity index is 1390. The van der Waals surface area contributed by atoms with Crippen molar-refractivity contribution in [2.45, 2.75) is 32.2 Å². The molecule has 6 nitrogen and oxygen atoms in total. The second-order valence-corrected chi connectivity index (χ2v) is 10.4. The minimum absolute atomic E-state index is 0.0466. The van der Waals surface area contributed by atoms with Gasteiger partial charge in [-0.05, 0) is 52.9 Å². The van der Waals surface area contributed by atoms with Crippen LogP contribution in [-0.2, 0) is 15.0 Å². The smallest absolute Gasteiger partial charge is 0.300 e. The number of ether oxygens (including phenoxy) is 1. The lowest BCUT2D eigenvalue weighted by Gasteiger charge is -2.27. The van der Waals surface area contributed by atoms with E-state index in [1.165, 1.54) is 37.4 Å². The fourth-order valence-corrected chi connectivity index (χ4v) is 4.58. The molecule has 3 aromatic carbocycles. The largest absolute Gasteiger partial charge is 0.507 e. The van der Waals surface area contributed by atoms with E-state index in [0.717, 1.165) is 10.5 Å². The SMILES string of the molecule is COc1ccc(Cl)c(/C(O)=C2\C(=O)C(=O)N(c3cc(Cl)ccc3O)C2c2ccc(C(C)(C)C)cc2)c1. The number of ketones is 1. The Morgan fingerprint density at radius 1 is 0.972 bits per heavy atom. The van der Waals surface area contributed by atoms with Crippen LogP contribution in [0.25, 0.3) is 5.76 Å². The van der Waals surface area contributed by atoms with Crippen LogP contribution in [0.1, 0.15) is 43.5 Å². The van der Waals surface area contributed by atoms with Gasteiger partial charge < -0.3 is 14.9 Å². The summed E-state index contributed by atoms with van der Waals surface area (Å²) in [5, 5.41) is 22.4. The van der Waals surface area contributed by atoms with Gasteiger partial charge in [0.1, 0.15) is 17.3 Å². The second kappa shape index (κ2) is 9.52. The molecule has 0 spiro atoms. The second-order valence-electron chi connectivity index (χ2n) is 9.52. The number of aliphatic hydroxyl groups is 1. The molecule has 0 radical (unpaired) electrons. The highest BCUT2D eigenvalue weighted by atomic mass is 35.5. The summed E-state index contributed by atoms with van der Waals surface area (Å²) in [5.41, 5.74) is 1.50. The maximum absolute atomic E-state index is 13.4. The first-order valence-electron chi connectivity index (χ1n) is 11.2. The topological polar surface area (TPSA) is 87.1 Å². The lowest BCUT2D eigenvalue weighted by Crippen LogP contribution is -2.29. The number of aliphatic hydroxyl groups excluding tert-OH is 1. The number of amides is 1. The zero-order valence-corrected chi connectivity index (χ0v) is 21.7. The Labute approximate surface area is 219 Å². The van der Waals surface area contributed by atoms with Gasteiger partial charge in [-0.15, -0.1) is 0 Å². The van der Waals surface area contributed by atoms with E-state index < -0.39 is 23.5 Å². The summed E-state index contributed by atoms with van der Waals surface area (Å²) in [7, 11) is 1.46. The molecule has 8 heteroatoms. The van der Waals surface area contributed by atoms with Gasteiger partial charge in [0.25, 0.3) is 11.7 Å². The molecule has 1 saturated heterocycles. The lowest BCUT2D eigenvalue weighted by molar-refractivity contribution is -0.132. The maximum atomic E-state index is 13.4. The number of nitrogens with zero attached hydrogens (tertiary/aromatic N) is 1. The first kappa shape index (κ1) is 25.6. The molecule has 0 aromatic heterocycles. The molecule has 1 aliphatic heterocycles. The first-order valence-corrected chi connectivity index (χ1v) is 11.9. The van der Waals surface area contributed by atoms with Gasteiger partial charge in [-0.2, -0.15) is 0 Å². The number of rotatable bonds is 4. The van der Waals surface area contributed by atoms with Crippen LogP contribution in [0, 0.1) is 0 Å². The summed E-state index contributed by atoms with van der Waals surface area (Å²) in [6, 6.07) is 15.2. The van der Waals surface area contributed by atoms with Crippen molar-refractivity contribution in [3.8, 4) is 11.5 Å². The Kier molecular flexibility index (Phi) is 6.78. The number of Topliss-reactive ketones (excluding diaryl/α,β-unsaturated/α-hetero) is 1. The van der Waals surface area contributed by atoms with Crippen LogP contribution < -0.4 is 9.64 Å². The summed E-state index contributed by atoms with van der Waals surface area (Å²) in [5.74, 6) is -2.12. The number of carbonyl (C=O) groups is 2. The zero-order chi connectivity index (χ0) is 26.4. The minimum Gasteiger partial charge on any atom is -0.507 e. The molecule has 4 rings (SSSR count). The van der Waals surface area contributed by atoms with Crippen molar-refractivity contribution in [2.24, 2.45) is 0 Å². The number of phenols is 1. The lowest BCUT2D eigenvalue weighted by atomic mass is 9.85. The summed E-state index contributed by atoms with van der Waals surface area (Å²) < 4.78 is 5.24. The highest BCUT2D eigenvalue weighted by molar-refractivity contribution is 6.52. The molecule has 0 saturated carbocycles.